The lowest BCUT2D eigenvalue weighted by Crippen LogP contribution is -2.35. The van der Waals surface area contributed by atoms with Crippen LogP contribution in [0, 0.1) is 5.82 Å². The van der Waals surface area contributed by atoms with Crippen molar-refractivity contribution in [3.8, 4) is 0 Å². The molecule has 1 amide bonds. The minimum Gasteiger partial charge on any atom is -0.349 e. The molecular formula is C13H16ClFN2O. The molecule has 2 rings (SSSR count). The second-order valence-corrected chi connectivity index (χ2v) is 4.86. The molecule has 2 N–H and O–H groups in total. The van der Waals surface area contributed by atoms with Crippen LogP contribution in [0.25, 0.3) is 0 Å². The maximum atomic E-state index is 13.7. The molecule has 0 spiro atoms. The van der Waals surface area contributed by atoms with Crippen LogP contribution in [0.5, 0.6) is 0 Å². The number of benzene rings is 1. The lowest BCUT2D eigenvalue weighted by atomic mass is 10.1. The van der Waals surface area contributed by atoms with E-state index in [1.165, 1.54) is 12.1 Å². The van der Waals surface area contributed by atoms with Crippen molar-refractivity contribution in [2.75, 3.05) is 13.1 Å². The van der Waals surface area contributed by atoms with Crippen molar-refractivity contribution in [2.45, 2.75) is 25.3 Å². The number of halogens is 2. The molecule has 1 aliphatic heterocycles. The highest BCUT2D eigenvalue weighted by atomic mass is 35.5. The van der Waals surface area contributed by atoms with E-state index in [1.807, 2.05) is 0 Å². The Morgan fingerprint density at radius 1 is 1.39 bits per heavy atom. The lowest BCUT2D eigenvalue weighted by molar-refractivity contribution is 0.0930. The van der Waals surface area contributed by atoms with Crippen molar-refractivity contribution in [3.05, 3.63) is 34.6 Å². The maximum absolute atomic E-state index is 13.7. The van der Waals surface area contributed by atoms with Gasteiger partial charge in [-0.25, -0.2) is 4.39 Å². The Hall–Kier alpha value is -1.13. The zero-order chi connectivity index (χ0) is 13.0. The average molecular weight is 271 g/mol. The minimum atomic E-state index is -0.650. The molecule has 1 saturated heterocycles. The van der Waals surface area contributed by atoms with Gasteiger partial charge in [-0.3, -0.25) is 4.79 Å². The largest absolute Gasteiger partial charge is 0.349 e. The second-order valence-electron chi connectivity index (χ2n) is 4.45. The fourth-order valence-corrected chi connectivity index (χ4v) is 2.28. The molecule has 0 bridgehead atoms. The molecule has 0 saturated carbocycles. The third kappa shape index (κ3) is 3.21. The van der Waals surface area contributed by atoms with E-state index in [4.69, 9.17) is 11.6 Å². The third-order valence-corrected chi connectivity index (χ3v) is 3.40. The highest BCUT2D eigenvalue weighted by molar-refractivity contribution is 6.31. The van der Waals surface area contributed by atoms with Crippen LogP contribution in [0.4, 0.5) is 4.39 Å². The number of carbonyl (C=O) groups excluding carboxylic acids is 1. The van der Waals surface area contributed by atoms with Gasteiger partial charge in [0.15, 0.2) is 5.82 Å². The van der Waals surface area contributed by atoms with Gasteiger partial charge < -0.3 is 10.6 Å². The van der Waals surface area contributed by atoms with Gasteiger partial charge in [0.05, 0.1) is 10.6 Å². The molecule has 3 nitrogen and oxygen atoms in total. The van der Waals surface area contributed by atoms with Crippen LogP contribution in [0.2, 0.25) is 5.02 Å². The van der Waals surface area contributed by atoms with Crippen molar-refractivity contribution in [2.24, 2.45) is 0 Å². The first kappa shape index (κ1) is 13.3. The summed E-state index contributed by atoms with van der Waals surface area (Å²) in [5, 5.41) is 6.11. The maximum Gasteiger partial charge on any atom is 0.254 e. The monoisotopic (exact) mass is 270 g/mol. The molecule has 1 aromatic carbocycles. The molecule has 1 atom stereocenters. The van der Waals surface area contributed by atoms with Gasteiger partial charge in [-0.1, -0.05) is 17.7 Å². The molecule has 0 aromatic heterocycles. The summed E-state index contributed by atoms with van der Waals surface area (Å²) in [7, 11) is 0. The molecule has 18 heavy (non-hydrogen) atoms. The van der Waals surface area contributed by atoms with Crippen LogP contribution >= 0.6 is 11.6 Å². The Kier molecular flexibility index (Phi) is 4.55. The summed E-state index contributed by atoms with van der Waals surface area (Å²) in [6.07, 6.45) is 2.80. The lowest BCUT2D eigenvalue weighted by Gasteiger charge is -2.16. The van der Waals surface area contributed by atoms with Gasteiger partial charge in [0.1, 0.15) is 0 Å². The molecule has 1 fully saturated rings. The molecule has 0 aliphatic carbocycles. The van der Waals surface area contributed by atoms with E-state index in [0.717, 1.165) is 32.4 Å². The fourth-order valence-electron chi connectivity index (χ4n) is 2.11. The van der Waals surface area contributed by atoms with Crippen LogP contribution in [0.3, 0.4) is 0 Å². The summed E-state index contributed by atoms with van der Waals surface area (Å²) in [6, 6.07) is 4.56. The Morgan fingerprint density at radius 2 is 2.22 bits per heavy atom. The first-order chi connectivity index (χ1) is 8.68. The Balaban J connectivity index is 2.04. The predicted molar refractivity (Wildman–Crippen MR) is 69.4 cm³/mol. The van der Waals surface area contributed by atoms with Crippen molar-refractivity contribution in [3.63, 3.8) is 0 Å². The topological polar surface area (TPSA) is 41.1 Å². The third-order valence-electron chi connectivity index (χ3n) is 3.11. The zero-order valence-corrected chi connectivity index (χ0v) is 10.8. The SMILES string of the molecule is O=C(NC1CCCNCC1)c1cccc(Cl)c1F. The Bertz CT molecular complexity index is 431. The van der Waals surface area contributed by atoms with E-state index in [-0.39, 0.29) is 22.5 Å². The molecule has 1 unspecified atom stereocenters. The molecular weight excluding hydrogens is 255 g/mol. The second kappa shape index (κ2) is 6.16. The normalized spacial score (nSPS) is 20.2. The van der Waals surface area contributed by atoms with E-state index in [0.29, 0.717) is 0 Å². The van der Waals surface area contributed by atoms with Crippen molar-refractivity contribution >= 4 is 17.5 Å². The van der Waals surface area contributed by atoms with E-state index < -0.39 is 5.82 Å². The number of amides is 1. The van der Waals surface area contributed by atoms with Gasteiger partial charge in [0.25, 0.3) is 5.91 Å². The molecule has 1 aromatic rings. The van der Waals surface area contributed by atoms with Crippen LogP contribution < -0.4 is 10.6 Å². The summed E-state index contributed by atoms with van der Waals surface area (Å²) in [6.45, 7) is 1.85. The molecule has 5 heteroatoms. The smallest absolute Gasteiger partial charge is 0.254 e. The fraction of sp³-hybridized carbons (Fsp3) is 0.462. The highest BCUT2D eigenvalue weighted by Crippen LogP contribution is 2.18. The quantitative estimate of drug-likeness (QED) is 0.866. The van der Waals surface area contributed by atoms with Crippen molar-refractivity contribution < 1.29 is 9.18 Å². The van der Waals surface area contributed by atoms with Crippen LogP contribution in [0.1, 0.15) is 29.6 Å². The predicted octanol–water partition coefficient (Wildman–Crippen LogP) is 2.35. The van der Waals surface area contributed by atoms with E-state index in [1.54, 1.807) is 6.07 Å². The summed E-state index contributed by atoms with van der Waals surface area (Å²) in [5.74, 6) is -1.04. The van der Waals surface area contributed by atoms with Crippen molar-refractivity contribution in [1.29, 1.82) is 0 Å². The zero-order valence-electron chi connectivity index (χ0n) is 10.0. The first-order valence-corrected chi connectivity index (χ1v) is 6.52. The number of hydrogen-bond donors (Lipinski definition) is 2. The van der Waals surface area contributed by atoms with Crippen molar-refractivity contribution in [1.82, 2.24) is 10.6 Å². The standard InChI is InChI=1S/C13H16ClFN2O/c14-11-5-1-4-10(12(11)15)13(18)17-9-3-2-7-16-8-6-9/h1,4-5,9,16H,2-3,6-8H2,(H,17,18). The number of nitrogens with one attached hydrogen (secondary N) is 2. The summed E-state index contributed by atoms with van der Waals surface area (Å²) < 4.78 is 13.7. The number of rotatable bonds is 2. The van der Waals surface area contributed by atoms with Gasteiger partial charge in [-0.15, -0.1) is 0 Å². The van der Waals surface area contributed by atoms with E-state index in [9.17, 15) is 9.18 Å². The Labute approximate surface area is 111 Å². The first-order valence-electron chi connectivity index (χ1n) is 6.14. The van der Waals surface area contributed by atoms with E-state index >= 15 is 0 Å². The van der Waals surface area contributed by atoms with Gasteiger partial charge >= 0.3 is 0 Å². The summed E-state index contributed by atoms with van der Waals surface area (Å²) in [5.41, 5.74) is 0.0136. The molecule has 1 aliphatic rings. The number of hydrogen-bond acceptors (Lipinski definition) is 2. The van der Waals surface area contributed by atoms with Gasteiger partial charge in [0.2, 0.25) is 0 Å². The van der Waals surface area contributed by atoms with Crippen LogP contribution in [-0.2, 0) is 0 Å². The minimum absolute atomic E-state index is 0.0136. The molecule has 98 valence electrons. The van der Waals surface area contributed by atoms with Crippen LogP contribution in [0.15, 0.2) is 18.2 Å². The van der Waals surface area contributed by atoms with Gasteiger partial charge in [-0.2, -0.15) is 0 Å². The number of carbonyl (C=O) groups is 1. The van der Waals surface area contributed by atoms with Gasteiger partial charge in [0, 0.05) is 6.04 Å². The Morgan fingerprint density at radius 3 is 3.06 bits per heavy atom. The highest BCUT2D eigenvalue weighted by Gasteiger charge is 2.18. The molecule has 1 heterocycles. The van der Waals surface area contributed by atoms with Gasteiger partial charge in [-0.05, 0) is 44.5 Å². The summed E-state index contributed by atoms with van der Waals surface area (Å²) >= 11 is 5.66. The van der Waals surface area contributed by atoms with E-state index in [2.05, 4.69) is 10.6 Å². The molecule has 0 radical (unpaired) electrons. The summed E-state index contributed by atoms with van der Waals surface area (Å²) in [4.78, 5) is 12.0. The average Bonchev–Trinajstić information content (AvgIpc) is 2.61. The van der Waals surface area contributed by atoms with Crippen LogP contribution in [-0.4, -0.2) is 25.0 Å².